The third-order valence-corrected chi connectivity index (χ3v) is 1.95. The fourth-order valence-corrected chi connectivity index (χ4v) is 1.21. The van der Waals surface area contributed by atoms with Gasteiger partial charge in [-0.2, -0.15) is 5.10 Å². The molecule has 0 atom stereocenters. The van der Waals surface area contributed by atoms with Gasteiger partial charge in [-0.05, 0) is 42.5 Å². The maximum Gasteiger partial charge on any atom is 0.135 e. The van der Waals surface area contributed by atoms with Crippen LogP contribution in [0.5, 0.6) is 0 Å². The van der Waals surface area contributed by atoms with E-state index in [1.54, 1.807) is 10.9 Å². The number of pyridine rings is 1. The molecule has 0 spiro atoms. The minimum Gasteiger partial charge on any atom is -0.275 e. The van der Waals surface area contributed by atoms with E-state index in [0.717, 1.165) is 17.0 Å². The van der Waals surface area contributed by atoms with E-state index < -0.39 is 0 Å². The second kappa shape index (κ2) is 3.97. The molecule has 0 unspecified atom stereocenters. The fraction of sp³-hybridized carbons (Fsp3) is 0.167. The summed E-state index contributed by atoms with van der Waals surface area (Å²) in [5.41, 5.74) is 2.71. The maximum atomic E-state index is 4.16. The zero-order valence-electron chi connectivity index (χ0n) is 8.73. The Kier molecular flexibility index (Phi) is 2.51. The van der Waals surface area contributed by atoms with E-state index in [2.05, 4.69) is 21.9 Å². The summed E-state index contributed by atoms with van der Waals surface area (Å²) in [6.45, 7) is 2.02. The van der Waals surface area contributed by atoms with Gasteiger partial charge in [0.2, 0.25) is 0 Å². The van der Waals surface area contributed by atoms with Gasteiger partial charge in [0.05, 0.1) is 0 Å². The summed E-state index contributed by atoms with van der Waals surface area (Å²) in [5, 5.41) is 4.16. The average Bonchev–Trinajstić information content (AvgIpc) is 2.62. The second-order valence-corrected chi connectivity index (χ2v) is 3.34. The topological polar surface area (TPSA) is 30.7 Å². The van der Waals surface area contributed by atoms with E-state index in [0.29, 0.717) is 0 Å². The Hall–Kier alpha value is -2.08. The average molecular weight is 197 g/mol. The molecule has 2 aromatic rings. The molecule has 0 amide bonds. The highest BCUT2D eigenvalue weighted by atomic mass is 15.2. The first kappa shape index (κ1) is 9.47. The first-order chi connectivity index (χ1) is 7.24. The Labute approximate surface area is 88.8 Å². The van der Waals surface area contributed by atoms with Crippen molar-refractivity contribution < 1.29 is 0 Å². The molecule has 0 fully saturated rings. The molecule has 2 rings (SSSR count). The zero-order valence-corrected chi connectivity index (χ0v) is 8.73. The molecule has 0 radical (unpaired) electrons. The quantitative estimate of drug-likeness (QED) is 0.599. The van der Waals surface area contributed by atoms with Crippen molar-refractivity contribution in [2.24, 2.45) is 7.05 Å². The normalized spacial score (nSPS) is 9.47. The second-order valence-electron chi connectivity index (χ2n) is 3.34. The lowest BCUT2D eigenvalue weighted by Gasteiger charge is -1.90. The highest BCUT2D eigenvalue weighted by Crippen LogP contribution is 1.98. The van der Waals surface area contributed by atoms with Gasteiger partial charge < -0.3 is 0 Å². The first-order valence-electron chi connectivity index (χ1n) is 4.68. The Morgan fingerprint density at radius 3 is 2.67 bits per heavy atom. The Morgan fingerprint density at radius 2 is 2.00 bits per heavy atom. The van der Waals surface area contributed by atoms with Crippen LogP contribution in [0.25, 0.3) is 0 Å². The molecule has 0 bridgehead atoms. The van der Waals surface area contributed by atoms with Crippen LogP contribution in [-0.4, -0.2) is 14.8 Å². The van der Waals surface area contributed by atoms with Crippen LogP contribution in [0.2, 0.25) is 0 Å². The highest BCUT2D eigenvalue weighted by molar-refractivity contribution is 5.36. The largest absolute Gasteiger partial charge is 0.275 e. The number of hydrogen-bond donors (Lipinski definition) is 0. The number of aryl methyl sites for hydroxylation is 2. The van der Waals surface area contributed by atoms with Gasteiger partial charge in [0, 0.05) is 19.4 Å². The molecule has 74 valence electrons. The molecule has 3 heteroatoms. The molecule has 2 heterocycles. The third kappa shape index (κ3) is 2.44. The minimum absolute atomic E-state index is 0.765. The molecule has 3 nitrogen and oxygen atoms in total. The summed E-state index contributed by atoms with van der Waals surface area (Å²) < 4.78 is 1.73. The monoisotopic (exact) mass is 197 g/mol. The van der Waals surface area contributed by atoms with Crippen LogP contribution in [0, 0.1) is 18.8 Å². The smallest absolute Gasteiger partial charge is 0.135 e. The summed E-state index contributed by atoms with van der Waals surface area (Å²) in [7, 11) is 1.87. The van der Waals surface area contributed by atoms with Crippen molar-refractivity contribution in [2.75, 3.05) is 0 Å². The number of rotatable bonds is 0. The van der Waals surface area contributed by atoms with E-state index in [1.165, 1.54) is 0 Å². The lowest BCUT2D eigenvalue weighted by Crippen LogP contribution is -1.87. The Morgan fingerprint density at radius 1 is 1.20 bits per heavy atom. The molecule has 0 aliphatic rings. The Balaban J connectivity index is 2.25. The van der Waals surface area contributed by atoms with Crippen LogP contribution in [0.1, 0.15) is 17.0 Å². The summed E-state index contributed by atoms with van der Waals surface area (Å²) in [6.07, 6.45) is 3.63. The van der Waals surface area contributed by atoms with E-state index in [1.807, 2.05) is 38.4 Å². The SMILES string of the molecule is Cc1ccnc(C#Cc2ccn(C)n2)c1. The number of aromatic nitrogens is 3. The maximum absolute atomic E-state index is 4.16. The first-order valence-corrected chi connectivity index (χ1v) is 4.68. The van der Waals surface area contributed by atoms with Crippen molar-refractivity contribution in [1.29, 1.82) is 0 Å². The lowest BCUT2D eigenvalue weighted by molar-refractivity contribution is 0.764. The van der Waals surface area contributed by atoms with Gasteiger partial charge in [-0.1, -0.05) is 0 Å². The van der Waals surface area contributed by atoms with Crippen molar-refractivity contribution in [2.45, 2.75) is 6.92 Å². The number of nitrogens with zero attached hydrogens (tertiary/aromatic N) is 3. The van der Waals surface area contributed by atoms with Gasteiger partial charge in [-0.25, -0.2) is 4.98 Å². The summed E-state index contributed by atoms with van der Waals surface area (Å²) >= 11 is 0. The van der Waals surface area contributed by atoms with Gasteiger partial charge in [-0.15, -0.1) is 0 Å². The molecule has 0 aromatic carbocycles. The van der Waals surface area contributed by atoms with Crippen LogP contribution in [0.4, 0.5) is 0 Å². The van der Waals surface area contributed by atoms with E-state index in [9.17, 15) is 0 Å². The van der Waals surface area contributed by atoms with Crippen LogP contribution >= 0.6 is 0 Å². The van der Waals surface area contributed by atoms with Crippen molar-refractivity contribution in [3.8, 4) is 11.8 Å². The molecular weight excluding hydrogens is 186 g/mol. The highest BCUT2D eigenvalue weighted by Gasteiger charge is 1.91. The summed E-state index contributed by atoms with van der Waals surface area (Å²) in [4.78, 5) is 4.15. The molecule has 2 aromatic heterocycles. The van der Waals surface area contributed by atoms with Crippen molar-refractivity contribution in [1.82, 2.24) is 14.8 Å². The fourth-order valence-electron chi connectivity index (χ4n) is 1.21. The lowest BCUT2D eigenvalue weighted by atomic mass is 10.2. The van der Waals surface area contributed by atoms with Crippen LogP contribution in [0.3, 0.4) is 0 Å². The molecule has 0 N–H and O–H groups in total. The molecular formula is C12H11N3. The zero-order chi connectivity index (χ0) is 10.7. The van der Waals surface area contributed by atoms with Gasteiger partial charge in [0.25, 0.3) is 0 Å². The van der Waals surface area contributed by atoms with Crippen LogP contribution < -0.4 is 0 Å². The van der Waals surface area contributed by atoms with Crippen molar-refractivity contribution in [3.63, 3.8) is 0 Å². The van der Waals surface area contributed by atoms with E-state index in [4.69, 9.17) is 0 Å². The predicted octanol–water partition coefficient (Wildman–Crippen LogP) is 1.52. The third-order valence-electron chi connectivity index (χ3n) is 1.95. The van der Waals surface area contributed by atoms with Crippen molar-refractivity contribution in [3.05, 3.63) is 47.5 Å². The molecule has 0 aliphatic carbocycles. The van der Waals surface area contributed by atoms with Crippen LogP contribution in [-0.2, 0) is 7.05 Å². The summed E-state index contributed by atoms with van der Waals surface area (Å²) in [5.74, 6) is 5.94. The predicted molar refractivity (Wildman–Crippen MR) is 58.2 cm³/mol. The van der Waals surface area contributed by atoms with Gasteiger partial charge >= 0.3 is 0 Å². The number of hydrogen-bond acceptors (Lipinski definition) is 2. The van der Waals surface area contributed by atoms with Crippen LogP contribution in [0.15, 0.2) is 30.6 Å². The Bertz CT molecular complexity index is 529. The van der Waals surface area contributed by atoms with Gasteiger partial charge in [0.15, 0.2) is 0 Å². The van der Waals surface area contributed by atoms with Gasteiger partial charge in [0.1, 0.15) is 11.4 Å². The molecule has 0 saturated carbocycles. The van der Waals surface area contributed by atoms with E-state index >= 15 is 0 Å². The molecule has 15 heavy (non-hydrogen) atoms. The van der Waals surface area contributed by atoms with E-state index in [-0.39, 0.29) is 0 Å². The standard InChI is InChI=1S/C12H11N3/c1-10-5-7-13-12(9-10)4-3-11-6-8-15(2)14-11/h5-9H,1-2H3. The van der Waals surface area contributed by atoms with Crippen molar-refractivity contribution >= 4 is 0 Å². The van der Waals surface area contributed by atoms with Gasteiger partial charge in [-0.3, -0.25) is 4.68 Å². The minimum atomic E-state index is 0.765. The summed E-state index contributed by atoms with van der Waals surface area (Å²) in [6, 6.07) is 5.78. The molecule has 0 saturated heterocycles. The molecule has 0 aliphatic heterocycles.